The van der Waals surface area contributed by atoms with Crippen LogP contribution in [0.5, 0.6) is 0 Å². The van der Waals surface area contributed by atoms with E-state index in [1.54, 1.807) is 6.07 Å². The number of piperidine rings is 1. The molecule has 0 spiro atoms. The number of amides is 1. The van der Waals surface area contributed by atoms with Gasteiger partial charge in [0.15, 0.2) is 0 Å². The fourth-order valence-electron chi connectivity index (χ4n) is 2.80. The van der Waals surface area contributed by atoms with Crippen LogP contribution in [0.3, 0.4) is 0 Å². The highest BCUT2D eigenvalue weighted by atomic mass is 16.1. The van der Waals surface area contributed by atoms with Gasteiger partial charge in [-0.15, -0.1) is 0 Å². The van der Waals surface area contributed by atoms with Crippen LogP contribution in [0.2, 0.25) is 0 Å². The highest BCUT2D eigenvalue weighted by molar-refractivity contribution is 5.92. The van der Waals surface area contributed by atoms with Gasteiger partial charge < -0.3 is 10.2 Å². The van der Waals surface area contributed by atoms with Gasteiger partial charge in [-0.3, -0.25) is 9.89 Å². The Hall–Kier alpha value is -2.37. The summed E-state index contributed by atoms with van der Waals surface area (Å²) < 4.78 is 0. The number of hydrogen-bond acceptors (Lipinski definition) is 4. The molecule has 0 saturated carbocycles. The summed E-state index contributed by atoms with van der Waals surface area (Å²) in [6.45, 7) is 4.64. The first-order valence-corrected chi connectivity index (χ1v) is 8.28. The average molecular weight is 313 g/mol. The molecule has 2 aromatic rings. The van der Waals surface area contributed by atoms with Crippen molar-refractivity contribution in [1.29, 1.82) is 0 Å². The zero-order valence-electron chi connectivity index (χ0n) is 13.5. The van der Waals surface area contributed by atoms with Gasteiger partial charge in [0.05, 0.1) is 0 Å². The minimum atomic E-state index is -0.155. The number of nitrogens with one attached hydrogen (secondary N) is 2. The topological polar surface area (TPSA) is 73.9 Å². The van der Waals surface area contributed by atoms with Crippen LogP contribution in [0.25, 0.3) is 0 Å². The number of aryl methyl sites for hydroxylation is 1. The molecule has 6 nitrogen and oxygen atoms in total. The third-order valence-corrected chi connectivity index (χ3v) is 4.19. The maximum Gasteiger partial charge on any atom is 0.272 e. The quantitative estimate of drug-likeness (QED) is 0.888. The van der Waals surface area contributed by atoms with E-state index >= 15 is 0 Å². The van der Waals surface area contributed by atoms with Crippen LogP contribution in [0.4, 0.5) is 5.82 Å². The molecule has 0 unspecified atom stereocenters. The lowest BCUT2D eigenvalue weighted by atomic mass is 10.1. The Labute approximate surface area is 136 Å². The van der Waals surface area contributed by atoms with Gasteiger partial charge in [0.2, 0.25) is 0 Å². The molecule has 1 amide bonds. The number of nitrogens with zero attached hydrogens (tertiary/aromatic N) is 3. The van der Waals surface area contributed by atoms with Gasteiger partial charge in [0.25, 0.3) is 5.91 Å². The van der Waals surface area contributed by atoms with Crippen molar-refractivity contribution in [3.8, 4) is 0 Å². The van der Waals surface area contributed by atoms with Crippen molar-refractivity contribution >= 4 is 11.7 Å². The summed E-state index contributed by atoms with van der Waals surface area (Å²) in [5.41, 5.74) is 2.46. The van der Waals surface area contributed by atoms with E-state index in [1.807, 2.05) is 19.2 Å². The normalized spacial score (nSPS) is 14.7. The number of aromatic nitrogens is 3. The maximum atomic E-state index is 12.1. The first-order chi connectivity index (χ1) is 11.3. The molecule has 1 saturated heterocycles. The van der Waals surface area contributed by atoms with E-state index < -0.39 is 0 Å². The summed E-state index contributed by atoms with van der Waals surface area (Å²) in [4.78, 5) is 18.9. The first-order valence-electron chi connectivity index (χ1n) is 8.28. The summed E-state index contributed by atoms with van der Waals surface area (Å²) in [5, 5.41) is 9.81. The van der Waals surface area contributed by atoms with Crippen molar-refractivity contribution in [3.05, 3.63) is 41.3 Å². The molecule has 0 radical (unpaired) electrons. The highest BCUT2D eigenvalue weighted by Gasteiger charge is 2.13. The predicted molar refractivity (Wildman–Crippen MR) is 89.4 cm³/mol. The molecule has 2 N–H and O–H groups in total. The van der Waals surface area contributed by atoms with Crippen LogP contribution < -0.4 is 10.2 Å². The van der Waals surface area contributed by atoms with Gasteiger partial charge in [0.1, 0.15) is 11.5 Å². The van der Waals surface area contributed by atoms with Gasteiger partial charge in [-0.25, -0.2) is 4.98 Å². The molecule has 122 valence electrons. The second kappa shape index (κ2) is 7.26. The Morgan fingerprint density at radius 1 is 1.30 bits per heavy atom. The van der Waals surface area contributed by atoms with Crippen molar-refractivity contribution in [3.63, 3.8) is 0 Å². The lowest BCUT2D eigenvalue weighted by Crippen LogP contribution is -2.30. The molecule has 0 bridgehead atoms. The van der Waals surface area contributed by atoms with Crippen molar-refractivity contribution in [2.45, 2.75) is 39.2 Å². The third-order valence-electron chi connectivity index (χ3n) is 4.19. The Morgan fingerprint density at radius 2 is 2.13 bits per heavy atom. The number of carbonyl (C=O) groups excluding carboxylic acids is 1. The van der Waals surface area contributed by atoms with Crippen molar-refractivity contribution in [2.75, 3.05) is 18.0 Å². The van der Waals surface area contributed by atoms with E-state index in [4.69, 9.17) is 0 Å². The molecule has 2 aromatic heterocycles. The number of pyridine rings is 1. The number of anilines is 1. The molecule has 3 rings (SSSR count). The van der Waals surface area contributed by atoms with Gasteiger partial charge in [0, 0.05) is 31.5 Å². The molecular weight excluding hydrogens is 290 g/mol. The molecule has 6 heteroatoms. The van der Waals surface area contributed by atoms with Crippen molar-refractivity contribution in [2.24, 2.45) is 0 Å². The second-order valence-electron chi connectivity index (χ2n) is 5.88. The Balaban J connectivity index is 1.60. The SMILES string of the molecule is CCc1cc(C(=O)NCc2ccnc(N3CCCCC3)c2)n[nH]1. The Bertz CT molecular complexity index is 661. The minimum Gasteiger partial charge on any atom is -0.357 e. The molecule has 1 aliphatic rings. The van der Waals surface area contributed by atoms with Crippen LogP contribution >= 0.6 is 0 Å². The van der Waals surface area contributed by atoms with E-state index in [0.29, 0.717) is 12.2 Å². The minimum absolute atomic E-state index is 0.155. The first kappa shape index (κ1) is 15.5. The average Bonchev–Trinajstić information content (AvgIpc) is 3.10. The molecular formula is C17H23N5O. The maximum absolute atomic E-state index is 12.1. The van der Waals surface area contributed by atoms with Gasteiger partial charge in [-0.1, -0.05) is 6.92 Å². The summed E-state index contributed by atoms with van der Waals surface area (Å²) in [5.74, 6) is 0.849. The van der Waals surface area contributed by atoms with Gasteiger partial charge in [-0.2, -0.15) is 5.10 Å². The third kappa shape index (κ3) is 3.88. The Morgan fingerprint density at radius 3 is 2.87 bits per heavy atom. The lowest BCUT2D eigenvalue weighted by molar-refractivity contribution is 0.0946. The summed E-state index contributed by atoms with van der Waals surface area (Å²) in [7, 11) is 0. The van der Waals surface area contributed by atoms with Crippen LogP contribution in [-0.4, -0.2) is 34.2 Å². The fraction of sp³-hybridized carbons (Fsp3) is 0.471. The summed E-state index contributed by atoms with van der Waals surface area (Å²) in [6, 6.07) is 5.80. The molecule has 0 aliphatic carbocycles. The second-order valence-corrected chi connectivity index (χ2v) is 5.88. The van der Waals surface area contributed by atoms with E-state index in [9.17, 15) is 4.79 Å². The predicted octanol–water partition coefficient (Wildman–Crippen LogP) is 2.29. The lowest BCUT2D eigenvalue weighted by Gasteiger charge is -2.27. The molecule has 0 aromatic carbocycles. The molecule has 3 heterocycles. The fourth-order valence-corrected chi connectivity index (χ4v) is 2.80. The molecule has 1 fully saturated rings. The number of H-pyrrole nitrogens is 1. The standard InChI is InChI=1S/C17H23N5O/c1-2-14-11-15(21-20-14)17(23)19-12-13-6-7-18-16(10-13)22-8-4-3-5-9-22/h6-7,10-11H,2-5,8-9,12H2,1H3,(H,19,23)(H,20,21). The smallest absolute Gasteiger partial charge is 0.272 e. The van der Waals surface area contributed by atoms with Crippen LogP contribution in [-0.2, 0) is 13.0 Å². The molecule has 1 aliphatic heterocycles. The summed E-state index contributed by atoms with van der Waals surface area (Å²) >= 11 is 0. The zero-order valence-corrected chi connectivity index (χ0v) is 13.5. The van der Waals surface area contributed by atoms with Crippen molar-refractivity contribution in [1.82, 2.24) is 20.5 Å². The van der Waals surface area contributed by atoms with Crippen molar-refractivity contribution < 1.29 is 4.79 Å². The van der Waals surface area contributed by atoms with Crippen LogP contribution in [0.1, 0.15) is 47.9 Å². The number of carbonyl (C=O) groups is 1. The van der Waals surface area contributed by atoms with Gasteiger partial charge in [-0.05, 0) is 49.4 Å². The summed E-state index contributed by atoms with van der Waals surface area (Å²) in [6.07, 6.45) is 6.40. The highest BCUT2D eigenvalue weighted by Crippen LogP contribution is 2.18. The van der Waals surface area contributed by atoms with Gasteiger partial charge >= 0.3 is 0 Å². The number of rotatable bonds is 5. The number of hydrogen-bond donors (Lipinski definition) is 2. The zero-order chi connectivity index (χ0) is 16.1. The molecule has 0 atom stereocenters. The largest absolute Gasteiger partial charge is 0.357 e. The van der Waals surface area contributed by atoms with E-state index in [1.165, 1.54) is 19.3 Å². The van der Waals surface area contributed by atoms with Crippen LogP contribution in [0.15, 0.2) is 24.4 Å². The van der Waals surface area contributed by atoms with Crippen LogP contribution in [0, 0.1) is 0 Å². The Kier molecular flexibility index (Phi) is 4.90. The monoisotopic (exact) mass is 313 g/mol. The van der Waals surface area contributed by atoms with E-state index in [2.05, 4.69) is 31.5 Å². The van der Waals surface area contributed by atoms with E-state index in [-0.39, 0.29) is 5.91 Å². The molecule has 23 heavy (non-hydrogen) atoms. The number of aromatic amines is 1. The van der Waals surface area contributed by atoms with E-state index in [0.717, 1.165) is 36.6 Å².